The molecule has 0 aromatic heterocycles. The Labute approximate surface area is 445 Å². The predicted octanol–water partition coefficient (Wildman–Crippen LogP) is 19.1. The number of benzene rings is 6. The molecule has 6 aromatic rings. The van der Waals surface area contributed by atoms with Gasteiger partial charge in [-0.1, -0.05) is 123 Å². The molecule has 0 saturated carbocycles. The Kier molecular flexibility index (Phi) is 25.8. The normalized spacial score (nSPS) is 12.5. The summed E-state index contributed by atoms with van der Waals surface area (Å²) in [6.07, 6.45) is 40.8. The Hall–Kier alpha value is -4.08. The summed E-state index contributed by atoms with van der Waals surface area (Å²) in [6, 6.07) is 51.4. The van der Waals surface area contributed by atoms with Gasteiger partial charge < -0.3 is 0 Å². The molecule has 0 bridgehead atoms. The molecule has 0 unspecified atom stereocenters. The minimum Gasteiger partial charge on any atom is -0.0654 e. The van der Waals surface area contributed by atoms with Gasteiger partial charge in [-0.05, 0) is 0 Å². The van der Waals surface area contributed by atoms with E-state index in [1.165, 1.54) is 173 Å². The average Bonchev–Trinajstić information content (AvgIpc) is 3.43. The number of unbranched alkanes of at least 4 members (excludes halogenated alkanes) is 28. The summed E-state index contributed by atoms with van der Waals surface area (Å²) < 4.78 is 40.7. The standard InChI is InChI=1S/C68H95O3PS/c1-3-5-7-9-11-13-15-17-19-21-23-25-27-29-35-47-60-59-61-48-45-46-58-67(61)68(66(60)57-44-30-28-26-24-22-20-18-16-14-12-10-8-6-4-2)73(69,70)71-72(62-49-36-31-37-50-62,63-51-38-32-39-52-63,64-53-40-33-41-54-64)65-55-42-34-43-56-65/h31-34,36-43,45-46,48-56,58-59H,3-30,35,44,47,57H2,1-2H3. The van der Waals surface area contributed by atoms with Crippen molar-refractivity contribution in [2.24, 2.45) is 0 Å². The summed E-state index contributed by atoms with van der Waals surface area (Å²) in [5.41, 5.74) is 2.12. The van der Waals surface area contributed by atoms with Crippen molar-refractivity contribution < 1.29 is 12.4 Å². The van der Waals surface area contributed by atoms with Crippen LogP contribution >= 0.6 is 6.83 Å². The summed E-state index contributed by atoms with van der Waals surface area (Å²) >= 11 is 0. The number of fused-ring (bicyclic) bond motifs is 1. The van der Waals surface area contributed by atoms with E-state index in [1.807, 2.05) is 91.0 Å². The molecule has 0 aliphatic rings. The number of hydrogen-bond acceptors (Lipinski definition) is 3. The molecule has 3 nitrogen and oxygen atoms in total. The minimum atomic E-state index is -4.57. The molecule has 0 aliphatic carbocycles. The van der Waals surface area contributed by atoms with Gasteiger partial charge in [0.2, 0.25) is 0 Å². The van der Waals surface area contributed by atoms with Crippen LogP contribution in [0.25, 0.3) is 10.8 Å². The van der Waals surface area contributed by atoms with Gasteiger partial charge in [-0.2, -0.15) is 0 Å². The van der Waals surface area contributed by atoms with E-state index in [-0.39, 0.29) is 0 Å². The monoisotopic (exact) mass is 1020 g/mol. The van der Waals surface area contributed by atoms with E-state index < -0.39 is 16.9 Å². The van der Waals surface area contributed by atoms with Gasteiger partial charge in [-0.15, -0.1) is 0 Å². The number of aryl methyl sites for hydroxylation is 1. The Morgan fingerprint density at radius 2 is 0.630 bits per heavy atom. The first-order valence-electron chi connectivity index (χ1n) is 29.7. The van der Waals surface area contributed by atoms with E-state index in [2.05, 4.69) is 74.5 Å². The van der Waals surface area contributed by atoms with Gasteiger partial charge in [0.25, 0.3) is 0 Å². The van der Waals surface area contributed by atoms with Crippen molar-refractivity contribution in [3.8, 4) is 0 Å². The first-order chi connectivity index (χ1) is 36.0. The molecule has 0 aliphatic heterocycles. The van der Waals surface area contributed by atoms with Crippen LogP contribution in [-0.2, 0) is 26.9 Å². The summed E-state index contributed by atoms with van der Waals surface area (Å²) in [5, 5.41) is 5.11. The van der Waals surface area contributed by atoms with Gasteiger partial charge in [0.1, 0.15) is 0 Å². The maximum absolute atomic E-state index is 16.5. The Morgan fingerprint density at radius 3 is 0.973 bits per heavy atom. The molecular weight excluding hydrogens is 928 g/mol. The Morgan fingerprint density at radius 1 is 0.342 bits per heavy atom. The van der Waals surface area contributed by atoms with Crippen molar-refractivity contribution in [1.29, 1.82) is 0 Å². The van der Waals surface area contributed by atoms with Gasteiger partial charge in [0.05, 0.1) is 0 Å². The third-order valence-corrected chi connectivity index (χ3v) is 23.8. The topological polar surface area (TPSA) is 43.4 Å². The van der Waals surface area contributed by atoms with Crippen LogP contribution in [0.5, 0.6) is 0 Å². The van der Waals surface area contributed by atoms with Gasteiger partial charge in [0.15, 0.2) is 0 Å². The molecule has 6 aromatic carbocycles. The zero-order chi connectivity index (χ0) is 51.2. The zero-order valence-electron chi connectivity index (χ0n) is 45.6. The first kappa shape index (κ1) is 58.2. The van der Waals surface area contributed by atoms with Crippen molar-refractivity contribution in [3.63, 3.8) is 0 Å². The third kappa shape index (κ3) is 16.5. The van der Waals surface area contributed by atoms with E-state index in [1.54, 1.807) is 0 Å². The number of rotatable bonds is 39. The maximum atomic E-state index is 16.5. The molecule has 0 amide bonds. The van der Waals surface area contributed by atoms with E-state index >= 15 is 8.42 Å². The van der Waals surface area contributed by atoms with Crippen LogP contribution in [0.2, 0.25) is 0 Å². The summed E-state index contributed by atoms with van der Waals surface area (Å²) in [5.74, 6) is 0. The molecule has 0 fully saturated rings. The number of hydrogen-bond donors (Lipinski definition) is 0. The zero-order valence-corrected chi connectivity index (χ0v) is 47.4. The van der Waals surface area contributed by atoms with Crippen LogP contribution in [0.3, 0.4) is 0 Å². The second-order valence-electron chi connectivity index (χ2n) is 21.4. The van der Waals surface area contributed by atoms with Crippen LogP contribution in [0.15, 0.2) is 157 Å². The van der Waals surface area contributed by atoms with Gasteiger partial charge >= 0.3 is 325 Å². The quantitative estimate of drug-likeness (QED) is 0.0285. The molecule has 6 rings (SSSR count). The van der Waals surface area contributed by atoms with E-state index in [0.717, 1.165) is 69.7 Å². The van der Waals surface area contributed by atoms with Crippen molar-refractivity contribution in [1.82, 2.24) is 0 Å². The summed E-state index contributed by atoms with van der Waals surface area (Å²) in [7, 11) is -4.52. The smallest absolute Gasteiger partial charge is 0.0654 e. The van der Waals surface area contributed by atoms with Crippen LogP contribution < -0.4 is 21.2 Å². The molecular formula is C68H95O3PS. The van der Waals surface area contributed by atoms with E-state index in [4.69, 9.17) is 3.97 Å². The fourth-order valence-electron chi connectivity index (χ4n) is 11.7. The Balaban J connectivity index is 1.27. The SMILES string of the molecule is CCCCCCCCCCCCCCCCCc1cc2ccccc2c(S(=O)(=O)OP(c2ccccc2)(c2ccccc2)(c2ccccc2)c2ccccc2)c1CCCCCCCCCCCCCCCCC. The van der Waals surface area contributed by atoms with Gasteiger partial charge in [-0.3, -0.25) is 0 Å². The van der Waals surface area contributed by atoms with Crippen LogP contribution in [0, 0.1) is 0 Å². The summed E-state index contributed by atoms with van der Waals surface area (Å²) in [4.78, 5) is 0.361. The molecule has 73 heavy (non-hydrogen) atoms. The molecule has 0 saturated heterocycles. The van der Waals surface area contributed by atoms with Crippen molar-refractivity contribution in [2.75, 3.05) is 0 Å². The van der Waals surface area contributed by atoms with Crippen LogP contribution in [0.4, 0.5) is 0 Å². The Bertz CT molecular complexity index is 2340. The summed E-state index contributed by atoms with van der Waals surface area (Å²) in [6.45, 7) is 0.0110. The average molecular weight is 1020 g/mol. The van der Waals surface area contributed by atoms with Crippen LogP contribution in [0.1, 0.15) is 218 Å². The second-order valence-corrected chi connectivity index (χ2v) is 27.4. The van der Waals surface area contributed by atoms with Gasteiger partial charge in [-0.25, -0.2) is 0 Å². The molecule has 396 valence electrons. The van der Waals surface area contributed by atoms with E-state index in [9.17, 15) is 0 Å². The predicted molar refractivity (Wildman–Crippen MR) is 321 cm³/mol. The molecule has 0 N–H and O–H groups in total. The molecule has 0 radical (unpaired) electrons. The first-order valence-corrected chi connectivity index (χ1v) is 33.3. The van der Waals surface area contributed by atoms with E-state index in [0.29, 0.717) is 11.3 Å². The fraction of sp³-hybridized carbons (Fsp3) is 0.500. The molecule has 0 heterocycles. The minimum absolute atomic E-state index is 0.361. The fourth-order valence-corrected chi connectivity index (χ4v) is 20.7. The molecule has 0 atom stereocenters. The third-order valence-electron chi connectivity index (χ3n) is 15.8. The molecule has 0 spiro atoms. The van der Waals surface area contributed by atoms with Crippen molar-refractivity contribution in [3.05, 3.63) is 163 Å². The van der Waals surface area contributed by atoms with Gasteiger partial charge in [0, 0.05) is 0 Å². The molecule has 5 heteroatoms. The van der Waals surface area contributed by atoms with Crippen molar-refractivity contribution >= 4 is 48.9 Å². The second kappa shape index (κ2) is 32.4. The van der Waals surface area contributed by atoms with Crippen molar-refractivity contribution in [2.45, 2.75) is 224 Å². The van der Waals surface area contributed by atoms with Crippen LogP contribution in [-0.4, -0.2) is 8.42 Å².